The summed E-state index contributed by atoms with van der Waals surface area (Å²) in [5.41, 5.74) is 14.8. The fourth-order valence-electron chi connectivity index (χ4n) is 12.1. The summed E-state index contributed by atoms with van der Waals surface area (Å²) in [6.45, 7) is 19.7. The number of rotatable bonds is 14. The number of fused-ring (bicyclic) bond motifs is 8. The third kappa shape index (κ3) is 16.9. The molecule has 484 valence electrons. The molecule has 94 heavy (non-hydrogen) atoms. The number of hydrogen-bond acceptors (Lipinski definition) is 13. The lowest BCUT2D eigenvalue weighted by Crippen LogP contribution is -2.50. The molecular weight excluding hydrogens is 1170 g/mol. The van der Waals surface area contributed by atoms with E-state index in [9.17, 15) is 14.4 Å². The highest BCUT2D eigenvalue weighted by molar-refractivity contribution is 6.03. The number of benzene rings is 5. The van der Waals surface area contributed by atoms with Crippen molar-refractivity contribution in [3.05, 3.63) is 198 Å². The number of aromatic amines is 2. The van der Waals surface area contributed by atoms with Crippen molar-refractivity contribution in [2.75, 3.05) is 83.9 Å². The van der Waals surface area contributed by atoms with Crippen LogP contribution in [0.5, 0.6) is 0 Å². The third-order valence-electron chi connectivity index (χ3n) is 16.2. The lowest BCUT2D eigenvalue weighted by Gasteiger charge is -2.34. The van der Waals surface area contributed by atoms with Crippen molar-refractivity contribution in [3.63, 3.8) is 0 Å². The average Bonchev–Trinajstić information content (AvgIpc) is 1.61. The van der Waals surface area contributed by atoms with E-state index in [1.54, 1.807) is 4.90 Å². The van der Waals surface area contributed by atoms with E-state index in [0.29, 0.717) is 51.4 Å². The molecule has 3 N–H and O–H groups in total. The summed E-state index contributed by atoms with van der Waals surface area (Å²) >= 11 is 0. The van der Waals surface area contributed by atoms with E-state index in [-0.39, 0.29) is 44.6 Å². The molecule has 8 bridgehead atoms. The zero-order chi connectivity index (χ0) is 66.2. The molecule has 0 atom stereocenters. The molecular formula is C78H85N9O7. The van der Waals surface area contributed by atoms with Gasteiger partial charge in [-0.1, -0.05) is 121 Å². The number of hydrogen-bond donors (Lipinski definition) is 3. The maximum absolute atomic E-state index is 15.0. The van der Waals surface area contributed by atoms with Crippen molar-refractivity contribution < 1.29 is 33.4 Å². The molecule has 0 spiro atoms. The Balaban J connectivity index is 0.961. The molecule has 11 rings (SSSR count). The Labute approximate surface area is 551 Å². The Kier molecular flexibility index (Phi) is 20.0. The highest BCUT2D eigenvalue weighted by Crippen LogP contribution is 2.41. The minimum absolute atomic E-state index is 0.0162. The number of H-pyrrole nitrogens is 2. The Hall–Kier alpha value is -9.74. The molecule has 3 aromatic heterocycles. The number of amides is 1. The molecule has 6 heterocycles. The van der Waals surface area contributed by atoms with Gasteiger partial charge in [0.2, 0.25) is 0 Å². The van der Waals surface area contributed by atoms with Crippen LogP contribution in [0.1, 0.15) is 95.4 Å². The lowest BCUT2D eigenvalue weighted by molar-refractivity contribution is -0.158. The van der Waals surface area contributed by atoms with Crippen molar-refractivity contribution in [1.29, 1.82) is 0 Å². The van der Waals surface area contributed by atoms with Crippen LogP contribution in [0.4, 0.5) is 5.69 Å². The zero-order valence-corrected chi connectivity index (χ0v) is 55.4. The van der Waals surface area contributed by atoms with E-state index in [1.807, 2.05) is 126 Å². The van der Waals surface area contributed by atoms with Crippen LogP contribution >= 0.6 is 0 Å². The summed E-state index contributed by atoms with van der Waals surface area (Å²) in [4.78, 5) is 81.9. The minimum Gasteiger partial charge on any atom is -0.459 e. The van der Waals surface area contributed by atoms with Gasteiger partial charge < -0.3 is 34.4 Å². The van der Waals surface area contributed by atoms with E-state index >= 15 is 4.79 Å². The Morgan fingerprint density at radius 1 is 0.415 bits per heavy atom. The summed E-state index contributed by atoms with van der Waals surface area (Å²) in [6, 6.07) is 57.7. The lowest BCUT2D eigenvalue weighted by atomic mass is 9.99. The SMILES string of the molecule is CC(C)(C)OC(=O)CN1CCN(CC(=O)OC(C)(C)C)CCN(C(=O)c2ccc(NCC3=Cc4nc3c(-c3ccccc3)c3ccc([nH]3)c(-c3ccccc3)c3nc(c(-c5ccccc5)c5ccc([nH]5)c4-c4ccccc4)C=C3)cc2)CCN(CC(=O)OC(C)(C)C)CC1. The predicted octanol–water partition coefficient (Wildman–Crippen LogP) is 14.2. The predicted molar refractivity (Wildman–Crippen MR) is 377 cm³/mol. The van der Waals surface area contributed by atoms with Crippen LogP contribution in [0.15, 0.2) is 170 Å². The number of ether oxygens (including phenoxy) is 3. The third-order valence-corrected chi connectivity index (χ3v) is 16.2. The van der Waals surface area contributed by atoms with Crippen LogP contribution in [0, 0.1) is 0 Å². The van der Waals surface area contributed by atoms with Gasteiger partial charge in [0.25, 0.3) is 5.91 Å². The molecule has 16 heteroatoms. The topological polar surface area (TPSA) is 178 Å². The average molecular weight is 1260 g/mol. The van der Waals surface area contributed by atoms with Crippen molar-refractivity contribution in [2.45, 2.75) is 79.1 Å². The van der Waals surface area contributed by atoms with Crippen LogP contribution < -0.4 is 5.32 Å². The molecule has 1 fully saturated rings. The molecule has 16 nitrogen and oxygen atoms in total. The molecule has 1 amide bonds. The van der Waals surface area contributed by atoms with Crippen molar-refractivity contribution >= 4 is 75.4 Å². The summed E-state index contributed by atoms with van der Waals surface area (Å²) in [5, 5.41) is 3.73. The second kappa shape index (κ2) is 28.6. The first-order valence-electron chi connectivity index (χ1n) is 32.4. The van der Waals surface area contributed by atoms with Crippen LogP contribution in [-0.2, 0) is 28.6 Å². The first kappa shape index (κ1) is 65.7. The van der Waals surface area contributed by atoms with Crippen LogP contribution in [0.25, 0.3) is 90.4 Å². The normalized spacial score (nSPS) is 14.7. The van der Waals surface area contributed by atoms with Gasteiger partial charge in [0.15, 0.2) is 0 Å². The first-order chi connectivity index (χ1) is 45.1. The van der Waals surface area contributed by atoms with Gasteiger partial charge >= 0.3 is 17.9 Å². The second-order valence-electron chi connectivity index (χ2n) is 27.1. The van der Waals surface area contributed by atoms with E-state index in [1.165, 1.54) is 0 Å². The summed E-state index contributed by atoms with van der Waals surface area (Å²) < 4.78 is 17.3. The van der Waals surface area contributed by atoms with Crippen LogP contribution in [0.3, 0.4) is 0 Å². The van der Waals surface area contributed by atoms with Gasteiger partial charge in [-0.25, -0.2) is 9.97 Å². The van der Waals surface area contributed by atoms with Gasteiger partial charge in [-0.05, 0) is 157 Å². The number of carbonyl (C=O) groups is 4. The van der Waals surface area contributed by atoms with E-state index in [4.69, 9.17) is 24.2 Å². The quantitative estimate of drug-likeness (QED) is 0.0693. The standard InChI is InChI=1S/C78H85N9O7/c1-76(2,3)92-67(88)50-84-40-42-85(51-68(89)93-77(4,5)6)44-46-87(47-45-86(43-41-84)52-69(90)94-78(7,8)9)75(91)57-30-32-59(33-31-57)79-49-58-48-66-72(55-26-18-12-19-27-55)64-37-36-62(81-64)70(53-22-14-10-15-23-53)60-34-35-61(80-60)71(54-24-16-11-17-25-54)63-38-39-65(82-63)73(74(58)83-66)56-28-20-13-21-29-56/h10-39,48,79,81-82H,40-47,49-52H2,1-9H3. The molecule has 0 aliphatic carbocycles. The molecule has 1 saturated heterocycles. The highest BCUT2D eigenvalue weighted by atomic mass is 16.6. The van der Waals surface area contributed by atoms with Crippen LogP contribution in [0.2, 0.25) is 0 Å². The fourth-order valence-corrected chi connectivity index (χ4v) is 12.1. The van der Waals surface area contributed by atoms with Gasteiger partial charge in [0, 0.05) is 114 Å². The van der Waals surface area contributed by atoms with Crippen molar-refractivity contribution in [1.82, 2.24) is 39.5 Å². The summed E-state index contributed by atoms with van der Waals surface area (Å²) in [6.07, 6.45) is 6.42. The monoisotopic (exact) mass is 1260 g/mol. The molecule has 0 saturated carbocycles. The number of anilines is 1. The maximum Gasteiger partial charge on any atom is 0.320 e. The molecule has 8 aromatic rings. The smallest absolute Gasteiger partial charge is 0.320 e. The van der Waals surface area contributed by atoms with E-state index in [2.05, 4.69) is 155 Å². The Morgan fingerprint density at radius 2 is 0.755 bits per heavy atom. The minimum atomic E-state index is -0.704. The number of carbonyl (C=O) groups excluding carboxylic acids is 4. The Bertz CT molecular complexity index is 4210. The summed E-state index contributed by atoms with van der Waals surface area (Å²) in [7, 11) is 0. The zero-order valence-electron chi connectivity index (χ0n) is 55.4. The molecule has 5 aromatic carbocycles. The Morgan fingerprint density at radius 3 is 1.13 bits per heavy atom. The number of aromatic nitrogens is 4. The summed E-state index contributed by atoms with van der Waals surface area (Å²) in [5.74, 6) is -1.36. The highest BCUT2D eigenvalue weighted by Gasteiger charge is 2.29. The van der Waals surface area contributed by atoms with Crippen molar-refractivity contribution in [3.8, 4) is 44.5 Å². The molecule has 3 aliphatic rings. The molecule has 0 radical (unpaired) electrons. The van der Waals surface area contributed by atoms with E-state index in [0.717, 1.165) is 101 Å². The van der Waals surface area contributed by atoms with Gasteiger partial charge in [-0.15, -0.1) is 0 Å². The number of nitrogens with one attached hydrogen (secondary N) is 3. The largest absolute Gasteiger partial charge is 0.459 e. The molecule has 0 unspecified atom stereocenters. The van der Waals surface area contributed by atoms with Gasteiger partial charge in [-0.3, -0.25) is 33.9 Å². The van der Waals surface area contributed by atoms with Gasteiger partial charge in [0.1, 0.15) is 16.8 Å². The fraction of sp³-hybridized carbons (Fsp3) is 0.308. The second-order valence-corrected chi connectivity index (χ2v) is 27.1. The first-order valence-corrected chi connectivity index (χ1v) is 32.4. The van der Waals surface area contributed by atoms with E-state index < -0.39 is 28.7 Å². The number of nitrogens with zero attached hydrogens (tertiary/aromatic N) is 6. The number of esters is 3. The van der Waals surface area contributed by atoms with Gasteiger partial charge in [-0.2, -0.15) is 0 Å². The van der Waals surface area contributed by atoms with Crippen LogP contribution in [-0.4, -0.2) is 159 Å². The molecule has 3 aliphatic heterocycles. The van der Waals surface area contributed by atoms with Crippen molar-refractivity contribution in [2.24, 2.45) is 0 Å². The van der Waals surface area contributed by atoms with Gasteiger partial charge in [0.05, 0.1) is 42.4 Å². The maximum atomic E-state index is 15.0.